The second-order valence-corrected chi connectivity index (χ2v) is 6.79. The number of hydrogen-bond donors (Lipinski definition) is 2. The van der Waals surface area contributed by atoms with E-state index in [-0.39, 0.29) is 24.0 Å². The molecule has 0 radical (unpaired) electrons. The largest absolute Gasteiger partial charge is 0.376 e. The predicted octanol–water partition coefficient (Wildman–Crippen LogP) is 2.46. The number of nitrogens with one attached hydrogen (secondary N) is 2. The molecule has 0 bridgehead atoms. The first-order valence-electron chi connectivity index (χ1n) is 9.08. The van der Waals surface area contributed by atoms with E-state index in [1.165, 1.54) is 32.4 Å². The summed E-state index contributed by atoms with van der Waals surface area (Å²) in [7, 11) is 0. The Morgan fingerprint density at radius 3 is 2.52 bits per heavy atom. The van der Waals surface area contributed by atoms with E-state index in [1.807, 2.05) is 0 Å². The first-order valence-corrected chi connectivity index (χ1v) is 9.08. The molecule has 2 aliphatic heterocycles. The van der Waals surface area contributed by atoms with E-state index >= 15 is 0 Å². The van der Waals surface area contributed by atoms with Gasteiger partial charge < -0.3 is 15.4 Å². The third kappa shape index (κ3) is 7.13. The summed E-state index contributed by atoms with van der Waals surface area (Å²) in [6, 6.07) is 0.556. The fourth-order valence-corrected chi connectivity index (χ4v) is 3.36. The van der Waals surface area contributed by atoms with Crippen LogP contribution >= 0.6 is 24.0 Å². The molecule has 2 aliphatic rings. The van der Waals surface area contributed by atoms with Crippen LogP contribution in [0.2, 0.25) is 0 Å². The first-order chi connectivity index (χ1) is 10.7. The standard InChI is InChI=1S/C17H34N4O.HI/c1-4-18-17(19-12-15-8-7-11-22-15)20-13-16(14(2)3)21-9-5-6-10-21;/h14-16H,4-13H2,1-3H3,(H2,18,19,20);1H. The van der Waals surface area contributed by atoms with E-state index in [1.54, 1.807) is 0 Å². The maximum Gasteiger partial charge on any atom is 0.191 e. The number of nitrogens with zero attached hydrogens (tertiary/aromatic N) is 2. The minimum Gasteiger partial charge on any atom is -0.376 e. The maximum absolute atomic E-state index is 5.67. The number of likely N-dealkylation sites (tertiary alicyclic amines) is 1. The molecule has 23 heavy (non-hydrogen) atoms. The quantitative estimate of drug-likeness (QED) is 0.364. The van der Waals surface area contributed by atoms with Crippen molar-refractivity contribution >= 4 is 29.9 Å². The molecule has 2 atom stereocenters. The Hall–Kier alpha value is -0.0800. The van der Waals surface area contributed by atoms with Crippen LogP contribution in [0.1, 0.15) is 46.5 Å². The van der Waals surface area contributed by atoms with E-state index in [0.29, 0.717) is 18.1 Å². The summed E-state index contributed by atoms with van der Waals surface area (Å²) in [4.78, 5) is 7.45. The molecule has 2 saturated heterocycles. The molecule has 2 N–H and O–H groups in total. The summed E-state index contributed by atoms with van der Waals surface area (Å²) in [6.45, 7) is 12.7. The Kier molecular flexibility index (Phi) is 10.5. The van der Waals surface area contributed by atoms with Crippen LogP contribution in [0.4, 0.5) is 0 Å². The summed E-state index contributed by atoms with van der Waals surface area (Å²) < 4.78 is 5.67. The number of rotatable bonds is 7. The Labute approximate surface area is 159 Å². The predicted molar refractivity (Wildman–Crippen MR) is 108 cm³/mol. The van der Waals surface area contributed by atoms with Gasteiger partial charge in [0.05, 0.1) is 12.6 Å². The van der Waals surface area contributed by atoms with Gasteiger partial charge in [-0.3, -0.25) is 9.89 Å². The van der Waals surface area contributed by atoms with Crippen LogP contribution in [-0.4, -0.2) is 62.3 Å². The van der Waals surface area contributed by atoms with E-state index in [2.05, 4.69) is 36.3 Å². The third-order valence-electron chi connectivity index (χ3n) is 4.68. The monoisotopic (exact) mass is 438 g/mol. The molecule has 6 heteroatoms. The number of hydrogen-bond acceptors (Lipinski definition) is 3. The van der Waals surface area contributed by atoms with Gasteiger partial charge in [0.15, 0.2) is 5.96 Å². The number of guanidine groups is 1. The van der Waals surface area contributed by atoms with Gasteiger partial charge in [-0.15, -0.1) is 24.0 Å². The summed E-state index contributed by atoms with van der Waals surface area (Å²) in [5.41, 5.74) is 0. The molecular formula is C17H35IN4O. The van der Waals surface area contributed by atoms with Crippen LogP contribution in [0, 0.1) is 5.92 Å². The lowest BCUT2D eigenvalue weighted by Crippen LogP contribution is -2.43. The molecule has 5 nitrogen and oxygen atoms in total. The van der Waals surface area contributed by atoms with Gasteiger partial charge in [-0.1, -0.05) is 13.8 Å². The molecule has 0 aromatic carbocycles. The van der Waals surface area contributed by atoms with Crippen molar-refractivity contribution in [2.24, 2.45) is 10.9 Å². The highest BCUT2D eigenvalue weighted by Crippen LogP contribution is 2.18. The van der Waals surface area contributed by atoms with Crippen molar-refractivity contribution in [3.63, 3.8) is 0 Å². The van der Waals surface area contributed by atoms with Crippen LogP contribution in [0.5, 0.6) is 0 Å². The van der Waals surface area contributed by atoms with Gasteiger partial charge in [-0.25, -0.2) is 0 Å². The average molecular weight is 438 g/mol. The van der Waals surface area contributed by atoms with Crippen molar-refractivity contribution in [3.8, 4) is 0 Å². The highest BCUT2D eigenvalue weighted by molar-refractivity contribution is 14.0. The van der Waals surface area contributed by atoms with Gasteiger partial charge in [0.1, 0.15) is 0 Å². The molecule has 0 aromatic heterocycles. The van der Waals surface area contributed by atoms with Crippen molar-refractivity contribution < 1.29 is 4.74 Å². The topological polar surface area (TPSA) is 48.9 Å². The van der Waals surface area contributed by atoms with E-state index in [4.69, 9.17) is 9.73 Å². The molecule has 0 spiro atoms. The molecule has 0 saturated carbocycles. The lowest BCUT2D eigenvalue weighted by Gasteiger charge is -2.29. The molecule has 2 rings (SSSR count). The SMILES string of the molecule is CCNC(=NCC(C(C)C)N1CCCC1)NCC1CCCO1.I. The Bertz CT molecular complexity index is 339. The van der Waals surface area contributed by atoms with Gasteiger partial charge in [0.25, 0.3) is 0 Å². The van der Waals surface area contributed by atoms with Gasteiger partial charge in [-0.05, 0) is 51.6 Å². The van der Waals surface area contributed by atoms with Crippen molar-refractivity contribution in [2.75, 3.05) is 39.3 Å². The van der Waals surface area contributed by atoms with Gasteiger partial charge >= 0.3 is 0 Å². The lowest BCUT2D eigenvalue weighted by atomic mass is 10.0. The molecule has 2 heterocycles. The minimum atomic E-state index is 0. The average Bonchev–Trinajstić information content (AvgIpc) is 3.18. The van der Waals surface area contributed by atoms with E-state index in [9.17, 15) is 0 Å². The highest BCUT2D eigenvalue weighted by Gasteiger charge is 2.24. The summed E-state index contributed by atoms with van der Waals surface area (Å²) >= 11 is 0. The summed E-state index contributed by atoms with van der Waals surface area (Å²) in [6.07, 6.45) is 5.37. The fourth-order valence-electron chi connectivity index (χ4n) is 3.36. The van der Waals surface area contributed by atoms with Crippen LogP contribution in [0.15, 0.2) is 4.99 Å². The van der Waals surface area contributed by atoms with Crippen molar-refractivity contribution in [3.05, 3.63) is 0 Å². The Morgan fingerprint density at radius 1 is 1.22 bits per heavy atom. The van der Waals surface area contributed by atoms with Gasteiger partial charge in [0.2, 0.25) is 0 Å². The normalized spacial score (nSPS) is 23.8. The smallest absolute Gasteiger partial charge is 0.191 e. The summed E-state index contributed by atoms with van der Waals surface area (Å²) in [5, 5.41) is 6.80. The van der Waals surface area contributed by atoms with Crippen molar-refractivity contribution in [2.45, 2.75) is 58.6 Å². The molecule has 0 amide bonds. The number of halogens is 1. The van der Waals surface area contributed by atoms with Gasteiger partial charge in [0, 0.05) is 25.7 Å². The van der Waals surface area contributed by atoms with E-state index in [0.717, 1.165) is 38.6 Å². The zero-order chi connectivity index (χ0) is 15.8. The molecule has 0 aliphatic carbocycles. The Balaban J connectivity index is 0.00000264. The van der Waals surface area contributed by atoms with Crippen LogP contribution in [0.3, 0.4) is 0 Å². The molecule has 0 aromatic rings. The molecular weight excluding hydrogens is 403 g/mol. The Morgan fingerprint density at radius 2 is 1.96 bits per heavy atom. The molecule has 2 unspecified atom stereocenters. The van der Waals surface area contributed by atoms with Gasteiger partial charge in [-0.2, -0.15) is 0 Å². The molecule has 2 fully saturated rings. The minimum absolute atomic E-state index is 0. The second kappa shape index (κ2) is 11.5. The van der Waals surface area contributed by atoms with Crippen molar-refractivity contribution in [1.82, 2.24) is 15.5 Å². The maximum atomic E-state index is 5.67. The number of aliphatic imine (C=N–C) groups is 1. The van der Waals surface area contributed by atoms with E-state index < -0.39 is 0 Å². The van der Waals surface area contributed by atoms with Crippen LogP contribution < -0.4 is 10.6 Å². The van der Waals surface area contributed by atoms with Crippen LogP contribution in [0.25, 0.3) is 0 Å². The lowest BCUT2D eigenvalue weighted by molar-refractivity contribution is 0.113. The first kappa shape index (κ1) is 21.0. The van der Waals surface area contributed by atoms with Crippen molar-refractivity contribution in [1.29, 1.82) is 0 Å². The second-order valence-electron chi connectivity index (χ2n) is 6.79. The highest BCUT2D eigenvalue weighted by atomic mass is 127. The zero-order valence-electron chi connectivity index (χ0n) is 15.0. The number of ether oxygens (including phenoxy) is 1. The molecule has 136 valence electrons. The third-order valence-corrected chi connectivity index (χ3v) is 4.68. The van der Waals surface area contributed by atoms with Crippen LogP contribution in [-0.2, 0) is 4.74 Å². The zero-order valence-corrected chi connectivity index (χ0v) is 17.3. The summed E-state index contributed by atoms with van der Waals surface area (Å²) in [5.74, 6) is 1.57. The fraction of sp³-hybridized carbons (Fsp3) is 0.941.